The molecule has 4 nitrogen and oxygen atoms in total. The van der Waals surface area contributed by atoms with Crippen LogP contribution in [-0.2, 0) is 16.0 Å². The maximum Gasteiger partial charge on any atom is 0.311 e. The van der Waals surface area contributed by atoms with Crippen LogP contribution >= 0.6 is 0 Å². The van der Waals surface area contributed by atoms with E-state index in [4.69, 9.17) is 0 Å². The van der Waals surface area contributed by atoms with Gasteiger partial charge in [0.2, 0.25) is 5.91 Å². The molecule has 1 aliphatic heterocycles. The molecule has 0 saturated carbocycles. The Bertz CT molecular complexity index is 523. The molecule has 0 aromatic heterocycles. The van der Waals surface area contributed by atoms with Crippen LogP contribution in [0.4, 0.5) is 0 Å². The summed E-state index contributed by atoms with van der Waals surface area (Å²) in [4.78, 5) is 25.7. The molecule has 1 aromatic carbocycles. The van der Waals surface area contributed by atoms with Gasteiger partial charge >= 0.3 is 5.97 Å². The molecule has 1 N–H and O–H groups in total. The third-order valence-electron chi connectivity index (χ3n) is 4.54. The number of hydrogen-bond donors (Lipinski definition) is 1. The number of carboxylic acid groups (broad SMARTS) is 1. The number of carboxylic acids is 1. The highest BCUT2D eigenvalue weighted by Crippen LogP contribution is 2.33. The number of nitrogens with zero attached hydrogens (tertiary/aromatic N) is 1. The third-order valence-corrected chi connectivity index (χ3v) is 4.54. The molecule has 1 aliphatic rings. The number of benzene rings is 1. The van der Waals surface area contributed by atoms with Gasteiger partial charge in [-0.25, -0.2) is 0 Å². The van der Waals surface area contributed by atoms with Crippen LogP contribution in [0.3, 0.4) is 0 Å². The van der Waals surface area contributed by atoms with Gasteiger partial charge in [0, 0.05) is 13.1 Å². The number of piperidine rings is 1. The van der Waals surface area contributed by atoms with E-state index in [1.54, 1.807) is 4.90 Å². The van der Waals surface area contributed by atoms with Crippen LogP contribution in [0.2, 0.25) is 0 Å². The molecular formula is C17H23NO3. The first kappa shape index (κ1) is 15.5. The van der Waals surface area contributed by atoms with E-state index in [0.29, 0.717) is 32.4 Å². The first-order valence-electron chi connectivity index (χ1n) is 7.53. The minimum atomic E-state index is -0.780. The number of carbonyl (C=O) groups excluding carboxylic acids is 1. The van der Waals surface area contributed by atoms with E-state index in [1.165, 1.54) is 5.56 Å². The summed E-state index contributed by atoms with van der Waals surface area (Å²) in [5, 5.41) is 9.47. The molecule has 1 saturated heterocycles. The fourth-order valence-electron chi connectivity index (χ4n) is 2.95. The molecule has 2 rings (SSSR count). The second-order valence-electron chi connectivity index (χ2n) is 6.02. The van der Waals surface area contributed by atoms with Crippen molar-refractivity contribution in [1.29, 1.82) is 0 Å². The van der Waals surface area contributed by atoms with E-state index >= 15 is 0 Å². The topological polar surface area (TPSA) is 57.6 Å². The summed E-state index contributed by atoms with van der Waals surface area (Å²) in [5.41, 5.74) is 1.38. The lowest BCUT2D eigenvalue weighted by Crippen LogP contribution is -2.50. The van der Waals surface area contributed by atoms with Gasteiger partial charge in [-0.1, -0.05) is 36.8 Å². The summed E-state index contributed by atoms with van der Waals surface area (Å²) < 4.78 is 0. The van der Waals surface area contributed by atoms with Crippen molar-refractivity contribution in [2.75, 3.05) is 13.1 Å². The Hall–Kier alpha value is -1.84. The zero-order valence-corrected chi connectivity index (χ0v) is 12.8. The van der Waals surface area contributed by atoms with Gasteiger partial charge in [0.05, 0.1) is 11.8 Å². The smallest absolute Gasteiger partial charge is 0.311 e. The molecule has 21 heavy (non-hydrogen) atoms. The molecule has 0 spiro atoms. The second-order valence-corrected chi connectivity index (χ2v) is 6.02. The number of amides is 1. The van der Waals surface area contributed by atoms with Crippen LogP contribution in [0.15, 0.2) is 24.3 Å². The average molecular weight is 289 g/mol. The Morgan fingerprint density at radius 3 is 2.52 bits per heavy atom. The van der Waals surface area contributed by atoms with Crippen molar-refractivity contribution in [2.45, 2.75) is 39.5 Å². The number of aliphatic carboxylic acids is 1. The minimum absolute atomic E-state index is 0.0256. The number of carbonyl (C=O) groups is 2. The van der Waals surface area contributed by atoms with Crippen molar-refractivity contribution in [3.8, 4) is 0 Å². The Morgan fingerprint density at radius 1 is 1.29 bits per heavy atom. The molecule has 4 heteroatoms. The lowest BCUT2D eigenvalue weighted by Gasteiger charge is -2.39. The van der Waals surface area contributed by atoms with Crippen molar-refractivity contribution < 1.29 is 14.7 Å². The van der Waals surface area contributed by atoms with Gasteiger partial charge in [-0.3, -0.25) is 9.59 Å². The Balaban J connectivity index is 2.05. The van der Waals surface area contributed by atoms with Gasteiger partial charge in [-0.05, 0) is 31.7 Å². The Morgan fingerprint density at radius 2 is 1.95 bits per heavy atom. The van der Waals surface area contributed by atoms with Gasteiger partial charge in [-0.15, -0.1) is 0 Å². The van der Waals surface area contributed by atoms with Crippen molar-refractivity contribution in [2.24, 2.45) is 5.41 Å². The van der Waals surface area contributed by atoms with E-state index in [-0.39, 0.29) is 5.91 Å². The van der Waals surface area contributed by atoms with E-state index in [0.717, 1.165) is 12.0 Å². The number of likely N-dealkylation sites (tertiary alicyclic amines) is 1. The molecule has 1 heterocycles. The van der Waals surface area contributed by atoms with Crippen molar-refractivity contribution in [3.63, 3.8) is 0 Å². The van der Waals surface area contributed by atoms with Crippen LogP contribution in [0, 0.1) is 12.3 Å². The first-order valence-corrected chi connectivity index (χ1v) is 7.53. The highest BCUT2D eigenvalue weighted by molar-refractivity contribution is 5.81. The predicted octanol–water partition coefficient (Wildman–Crippen LogP) is 2.64. The van der Waals surface area contributed by atoms with Crippen LogP contribution in [0.25, 0.3) is 0 Å². The van der Waals surface area contributed by atoms with Gasteiger partial charge in [0.1, 0.15) is 0 Å². The van der Waals surface area contributed by atoms with E-state index in [1.807, 2.05) is 38.1 Å². The van der Waals surface area contributed by atoms with Crippen LogP contribution in [-0.4, -0.2) is 35.0 Å². The van der Waals surface area contributed by atoms with Gasteiger partial charge in [0.25, 0.3) is 0 Å². The molecule has 0 bridgehead atoms. The Labute approximate surface area is 125 Å². The zero-order valence-electron chi connectivity index (χ0n) is 12.8. The summed E-state index contributed by atoms with van der Waals surface area (Å²) in [6.07, 6.45) is 2.34. The standard InChI is InChI=1S/C17H23NO3/c1-3-17(16(20)21)9-4-10-18(12-17)15(19)11-14-7-5-13(2)6-8-14/h5-8H,3-4,9-12H2,1-2H3,(H,20,21). The van der Waals surface area contributed by atoms with Crippen molar-refractivity contribution in [3.05, 3.63) is 35.4 Å². The van der Waals surface area contributed by atoms with E-state index in [2.05, 4.69) is 0 Å². The molecule has 1 amide bonds. The fraction of sp³-hybridized carbons (Fsp3) is 0.529. The molecule has 1 unspecified atom stereocenters. The molecule has 1 fully saturated rings. The zero-order chi connectivity index (χ0) is 15.5. The monoisotopic (exact) mass is 289 g/mol. The molecule has 0 aliphatic carbocycles. The summed E-state index contributed by atoms with van der Waals surface area (Å²) in [6, 6.07) is 7.90. The largest absolute Gasteiger partial charge is 0.481 e. The third kappa shape index (κ3) is 3.43. The van der Waals surface area contributed by atoms with Gasteiger partial charge < -0.3 is 10.0 Å². The maximum atomic E-state index is 12.4. The number of aryl methyl sites for hydroxylation is 1. The second kappa shape index (κ2) is 6.29. The summed E-state index contributed by atoms with van der Waals surface area (Å²) >= 11 is 0. The molecule has 114 valence electrons. The first-order chi connectivity index (χ1) is 9.97. The highest BCUT2D eigenvalue weighted by Gasteiger charge is 2.41. The normalized spacial score (nSPS) is 22.1. The van der Waals surface area contributed by atoms with Crippen LogP contribution in [0.5, 0.6) is 0 Å². The fourth-order valence-corrected chi connectivity index (χ4v) is 2.95. The van der Waals surface area contributed by atoms with E-state index < -0.39 is 11.4 Å². The molecule has 0 radical (unpaired) electrons. The highest BCUT2D eigenvalue weighted by atomic mass is 16.4. The van der Waals surface area contributed by atoms with Crippen molar-refractivity contribution in [1.82, 2.24) is 4.90 Å². The van der Waals surface area contributed by atoms with Crippen LogP contribution < -0.4 is 0 Å². The minimum Gasteiger partial charge on any atom is -0.481 e. The van der Waals surface area contributed by atoms with E-state index in [9.17, 15) is 14.7 Å². The predicted molar refractivity (Wildman–Crippen MR) is 81.1 cm³/mol. The summed E-state index contributed by atoms with van der Waals surface area (Å²) in [5.74, 6) is -0.754. The lowest BCUT2D eigenvalue weighted by atomic mass is 9.77. The maximum absolute atomic E-state index is 12.4. The molecule has 1 atom stereocenters. The number of rotatable bonds is 4. The van der Waals surface area contributed by atoms with Gasteiger partial charge in [-0.2, -0.15) is 0 Å². The SMILES string of the molecule is CCC1(C(=O)O)CCCN(C(=O)Cc2ccc(C)cc2)C1. The van der Waals surface area contributed by atoms with Gasteiger partial charge in [0.15, 0.2) is 0 Å². The molecule has 1 aromatic rings. The summed E-state index contributed by atoms with van der Waals surface area (Å²) in [7, 11) is 0. The number of hydrogen-bond acceptors (Lipinski definition) is 2. The quantitative estimate of drug-likeness (QED) is 0.927. The van der Waals surface area contributed by atoms with Crippen molar-refractivity contribution >= 4 is 11.9 Å². The molecular weight excluding hydrogens is 266 g/mol. The lowest BCUT2D eigenvalue weighted by molar-refractivity contribution is -0.155. The average Bonchev–Trinajstić information content (AvgIpc) is 2.49. The Kier molecular flexibility index (Phi) is 4.66. The van der Waals surface area contributed by atoms with Crippen LogP contribution in [0.1, 0.15) is 37.3 Å². The summed E-state index contributed by atoms with van der Waals surface area (Å²) in [6.45, 7) is 4.91.